The summed E-state index contributed by atoms with van der Waals surface area (Å²) in [6.45, 7) is 24.1. The smallest absolute Gasteiger partial charge is 0.415 e. The van der Waals surface area contributed by atoms with Crippen LogP contribution in [0.25, 0.3) is 21.8 Å². The third-order valence-corrected chi connectivity index (χ3v) is 19.9. The van der Waals surface area contributed by atoms with Crippen molar-refractivity contribution < 1.29 is 37.3 Å². The van der Waals surface area contributed by atoms with E-state index in [4.69, 9.17) is 21.1 Å². The molecule has 0 saturated heterocycles. The van der Waals surface area contributed by atoms with Gasteiger partial charge in [0.15, 0.2) is 0 Å². The summed E-state index contributed by atoms with van der Waals surface area (Å²) >= 11 is 4.89. The molecule has 6 heterocycles. The number of hydrogen-bond donors (Lipinski definition) is 2. The van der Waals surface area contributed by atoms with E-state index in [2.05, 4.69) is 133 Å². The van der Waals surface area contributed by atoms with Crippen molar-refractivity contribution in [2.45, 2.75) is 175 Å². The number of nitrogens with zero attached hydrogens (tertiary/aromatic N) is 15. The number of methoxy groups -OCH3 is 2. The van der Waals surface area contributed by atoms with Crippen molar-refractivity contribution in [3.05, 3.63) is 147 Å². The number of amides is 1. The maximum absolute atomic E-state index is 14.5. The number of ether oxygens (including phenoxy) is 4. The van der Waals surface area contributed by atoms with Gasteiger partial charge < -0.3 is 29.6 Å². The summed E-state index contributed by atoms with van der Waals surface area (Å²) in [5.41, 5.74) is 6.97. The normalized spacial score (nSPS) is 19.6. The molecule has 0 radical (unpaired) electrons. The second-order valence-corrected chi connectivity index (χ2v) is 29.2. The highest BCUT2D eigenvalue weighted by Crippen LogP contribution is 2.63. The van der Waals surface area contributed by atoms with Gasteiger partial charge in [-0.2, -0.15) is 29.8 Å². The third kappa shape index (κ3) is 15.1. The lowest BCUT2D eigenvalue weighted by atomic mass is 9.50. The predicted molar refractivity (Wildman–Crippen MR) is 367 cm³/mol. The first-order valence-corrected chi connectivity index (χ1v) is 33.3. The molecule has 0 aliphatic heterocycles. The number of halogens is 3. The highest BCUT2D eigenvalue weighted by molar-refractivity contribution is 6.61. The van der Waals surface area contributed by atoms with Crippen LogP contribution in [0.15, 0.2) is 73.3 Å². The number of aryl methyl sites for hydroxylation is 2. The zero-order valence-corrected chi connectivity index (χ0v) is 59.0. The van der Waals surface area contributed by atoms with Crippen LogP contribution in [0.5, 0.6) is 0 Å². The average Bonchev–Trinajstić information content (AvgIpc) is 1.71. The molecule has 0 spiro atoms. The summed E-state index contributed by atoms with van der Waals surface area (Å²) in [6, 6.07) is 21.1. The number of carbonyl (C=O) groups excluding carboxylic acids is 2. The minimum absolute atomic E-state index is 0.0436. The van der Waals surface area contributed by atoms with Crippen LogP contribution in [0.1, 0.15) is 181 Å². The summed E-state index contributed by atoms with van der Waals surface area (Å²) in [4.78, 5) is 43.0. The highest BCUT2D eigenvalue weighted by atomic mass is 35.5. The van der Waals surface area contributed by atoms with Crippen LogP contribution >= 0.6 is 11.6 Å². The fourth-order valence-electron chi connectivity index (χ4n) is 13.2. The number of carbonyl (C=O) groups is 2. The van der Waals surface area contributed by atoms with Crippen molar-refractivity contribution in [2.75, 3.05) is 43.0 Å². The van der Waals surface area contributed by atoms with Crippen molar-refractivity contribution in [3.63, 3.8) is 0 Å². The second kappa shape index (κ2) is 29.0. The number of nitrogens with one attached hydrogen (secondary N) is 2. The molecule has 4 unspecified atom stereocenters. The van der Waals surface area contributed by atoms with Gasteiger partial charge >= 0.3 is 11.5 Å². The van der Waals surface area contributed by atoms with Gasteiger partial charge in [0.1, 0.15) is 48.2 Å². The lowest BCUT2D eigenvalue weighted by Crippen LogP contribution is -2.59. The van der Waals surface area contributed by atoms with Gasteiger partial charge in [0, 0.05) is 90.1 Å². The molecular formula is C73H82ClF2N17O6. The Labute approximate surface area is 579 Å². The number of benzene rings is 2. The van der Waals surface area contributed by atoms with E-state index in [0.717, 1.165) is 66.6 Å². The Balaban J connectivity index is 0.000000193. The summed E-state index contributed by atoms with van der Waals surface area (Å²) in [5.74, 6) is 0.0405. The van der Waals surface area contributed by atoms with E-state index in [9.17, 15) is 39.4 Å². The molecule has 4 bridgehead atoms. The van der Waals surface area contributed by atoms with E-state index in [1.165, 1.54) is 43.6 Å². The van der Waals surface area contributed by atoms with Crippen molar-refractivity contribution in [2.24, 2.45) is 22.7 Å². The van der Waals surface area contributed by atoms with Crippen molar-refractivity contribution >= 4 is 62.0 Å². The van der Waals surface area contributed by atoms with E-state index in [1.807, 2.05) is 40.8 Å². The molecule has 6 saturated carbocycles. The third-order valence-electron chi connectivity index (χ3n) is 19.9. The number of fused-ring (bicyclic) bond motifs is 2. The van der Waals surface area contributed by atoms with Crippen molar-refractivity contribution in [1.82, 2.24) is 49.9 Å². The van der Waals surface area contributed by atoms with Crippen LogP contribution in [0.4, 0.5) is 35.4 Å². The molecule has 6 atom stereocenters. The number of rotatable bonds is 20. The lowest BCUT2D eigenvalue weighted by molar-refractivity contribution is -0.0990. The largest absolute Gasteiger partial charge is 0.448 e. The van der Waals surface area contributed by atoms with E-state index in [1.54, 1.807) is 52.0 Å². The maximum Gasteiger partial charge on any atom is 0.415 e. The van der Waals surface area contributed by atoms with Gasteiger partial charge in [-0.05, 0) is 157 Å². The van der Waals surface area contributed by atoms with Gasteiger partial charge in [-0.1, -0.05) is 64.1 Å². The Morgan fingerprint density at radius 1 is 0.646 bits per heavy atom. The summed E-state index contributed by atoms with van der Waals surface area (Å²) < 4.78 is 52.7. The van der Waals surface area contributed by atoms with Crippen LogP contribution < -0.4 is 15.5 Å². The van der Waals surface area contributed by atoms with Crippen molar-refractivity contribution in [3.8, 4) is 24.3 Å². The molecule has 14 rings (SSSR count). The second-order valence-electron chi connectivity index (χ2n) is 28.9. The van der Waals surface area contributed by atoms with Gasteiger partial charge in [-0.3, -0.25) is 14.9 Å². The van der Waals surface area contributed by atoms with Gasteiger partial charge in [-0.25, -0.2) is 28.9 Å². The van der Waals surface area contributed by atoms with Crippen LogP contribution in [0.3, 0.4) is 0 Å². The van der Waals surface area contributed by atoms with Gasteiger partial charge in [0.05, 0.1) is 86.5 Å². The van der Waals surface area contributed by atoms with E-state index >= 15 is 0 Å². The number of nitriles is 4. The Morgan fingerprint density at radius 3 is 1.53 bits per heavy atom. The first-order valence-electron chi connectivity index (χ1n) is 33.0. The van der Waals surface area contributed by atoms with E-state index in [-0.39, 0.29) is 69.4 Å². The van der Waals surface area contributed by atoms with E-state index < -0.39 is 35.6 Å². The zero-order chi connectivity index (χ0) is 71.6. The topological polar surface area (TPSA) is 306 Å². The molecule has 26 heteroatoms. The fraction of sp³-hybridized carbons (Fsp3) is 0.479. The maximum atomic E-state index is 14.5. The summed E-state index contributed by atoms with van der Waals surface area (Å²) in [5, 5.41) is 67.0. The monoisotopic (exact) mass is 1370 g/mol. The number of anilines is 3. The molecule has 6 aliphatic carbocycles. The van der Waals surface area contributed by atoms with Gasteiger partial charge in [-0.15, -0.1) is 10.2 Å². The lowest BCUT2D eigenvalue weighted by Gasteiger charge is -2.61. The number of aromatic nitrogens is 10. The molecule has 6 aromatic heterocycles. The molecule has 1 amide bonds. The Kier molecular flexibility index (Phi) is 21.1. The Hall–Kier alpha value is -9.79. The molecule has 516 valence electrons. The highest BCUT2D eigenvalue weighted by Gasteiger charge is 2.60. The number of pyridine rings is 4. The van der Waals surface area contributed by atoms with E-state index in [0.29, 0.717) is 80.5 Å². The van der Waals surface area contributed by atoms with Gasteiger partial charge in [0.25, 0.3) is 0 Å². The zero-order valence-electron chi connectivity index (χ0n) is 58.2. The Bertz CT molecular complexity index is 4520. The molecule has 99 heavy (non-hydrogen) atoms. The number of hydrogen-bond acceptors (Lipinski definition) is 20. The quantitative estimate of drug-likeness (QED) is 0.0529. The van der Waals surface area contributed by atoms with Gasteiger partial charge in [0.2, 0.25) is 11.9 Å². The Morgan fingerprint density at radius 2 is 1.09 bits per heavy atom. The SMILES string of the molecule is COC[C@@H](C)OC(=O)Cl.COC[C@@H](C)OC(=O)N(c1cc(C#N)c2ncc(C#N)c(NC(C)C(C)(C)C)c2c1)C(c1cn(C23CC(C2)C3)nn1)c1ccc(F)nc1C.Cc1nc(F)ccc1C(Cc1cc(C#N)c2ncc(C#N)c(NC(C)C(C)(C)C)c2c1)c1cn(C23CC(C2)C3)nn1. The average molecular weight is 1370 g/mol. The fourth-order valence-corrected chi connectivity index (χ4v) is 13.4. The predicted octanol–water partition coefficient (Wildman–Crippen LogP) is 14.1. The summed E-state index contributed by atoms with van der Waals surface area (Å²) in [6.07, 6.45) is 12.1. The van der Waals surface area contributed by atoms with Crippen LogP contribution in [0.2, 0.25) is 0 Å². The minimum atomic E-state index is -0.988. The molecule has 23 nitrogen and oxygen atoms in total. The molecule has 6 aliphatic rings. The van der Waals surface area contributed by atoms with Crippen LogP contribution in [0, 0.1) is 93.7 Å². The summed E-state index contributed by atoms with van der Waals surface area (Å²) in [7, 11) is 3.04. The molecule has 8 aromatic rings. The van der Waals surface area contributed by atoms with Crippen molar-refractivity contribution in [1.29, 1.82) is 21.0 Å². The molecule has 2 N–H and O–H groups in total. The first-order chi connectivity index (χ1) is 46.9. The molecule has 2 aromatic carbocycles. The minimum Gasteiger partial charge on any atom is -0.448 e. The molecule has 6 fully saturated rings. The molecular weight excluding hydrogens is 1280 g/mol. The first kappa shape index (κ1) is 72.0. The standard InChI is InChI=1S/C36H40FN9O3.C32H33FN8.C5H9ClO3/c1-20(19-48-7)49-34(47)46(26-10-24(15-38)31-28(11-26)32(25(16-39)17-40-31)42-22(3)35(4,5)6)33(27-8-9-30(37)41-21(27)2)29-18-45(44-43-29)36-12-23(13-36)14-36;1-18-24(6-7-28(33)37-18)25(27-17-41(40-39-27)32-11-21(12-32)13-32)9-20-8-22(14-34)29-26(10-20)30(23(15-35)16-36-29)38-19(2)31(3,4)5;1-4(3-8-2)9-5(6)7/h8-11,17-18,20,22-23,33H,12-14,19H2,1-7H3,(H,40,42);6-8,10,16-17,19,21,25H,9,11-13H2,1-5H3,(H,36,38);4H,3H2,1-2H3/t20-,22?,23?,33?,36?;;4-/m1.1/s1. The van der Waals surface area contributed by atoms with Crippen LogP contribution in [-0.4, -0.2) is 113 Å². The van der Waals surface area contributed by atoms with Crippen LogP contribution in [-0.2, 0) is 36.4 Å².